The van der Waals surface area contributed by atoms with E-state index in [2.05, 4.69) is 9.88 Å². The number of ether oxygens (including phenoxy) is 1. The number of aliphatic hydroxyl groups excluding tert-OH is 2. The van der Waals surface area contributed by atoms with Crippen LogP contribution in [0.25, 0.3) is 0 Å². The molecule has 17 heavy (non-hydrogen) atoms. The smallest absolute Gasteiger partial charge is 0.134 e. The topological polar surface area (TPSA) is 65.8 Å². The van der Waals surface area contributed by atoms with Gasteiger partial charge < -0.3 is 19.8 Å². The molecule has 0 spiro atoms. The van der Waals surface area contributed by atoms with Gasteiger partial charge >= 0.3 is 0 Å². The Bertz CT molecular complexity index is 373. The fourth-order valence-corrected chi connectivity index (χ4v) is 2.04. The lowest BCUT2D eigenvalue weighted by Crippen LogP contribution is -2.50. The van der Waals surface area contributed by atoms with Crippen LogP contribution in [-0.2, 0) is 11.3 Å². The SMILES string of the molecule is CC1COC(CO)CN1c1ncccc1CO. The number of aromatic nitrogens is 1. The second-order valence-corrected chi connectivity index (χ2v) is 4.28. The molecule has 5 heteroatoms. The van der Waals surface area contributed by atoms with Crippen molar-refractivity contribution in [3.63, 3.8) is 0 Å². The third kappa shape index (κ3) is 2.57. The Morgan fingerprint density at radius 3 is 3.06 bits per heavy atom. The average molecular weight is 238 g/mol. The van der Waals surface area contributed by atoms with Crippen LogP contribution in [0.2, 0.25) is 0 Å². The zero-order valence-electron chi connectivity index (χ0n) is 9.91. The highest BCUT2D eigenvalue weighted by Crippen LogP contribution is 2.23. The number of pyridine rings is 1. The Labute approximate surface area is 101 Å². The molecular weight excluding hydrogens is 220 g/mol. The van der Waals surface area contributed by atoms with Crippen LogP contribution < -0.4 is 4.90 Å². The number of rotatable bonds is 3. The molecule has 1 fully saturated rings. The van der Waals surface area contributed by atoms with E-state index >= 15 is 0 Å². The van der Waals surface area contributed by atoms with Crippen molar-refractivity contribution in [3.05, 3.63) is 23.9 Å². The monoisotopic (exact) mass is 238 g/mol. The molecular formula is C12H18N2O3. The summed E-state index contributed by atoms with van der Waals surface area (Å²) >= 11 is 0. The molecule has 1 aliphatic heterocycles. The van der Waals surface area contributed by atoms with Crippen molar-refractivity contribution in [1.82, 2.24) is 4.98 Å². The summed E-state index contributed by atoms with van der Waals surface area (Å²) < 4.78 is 5.48. The van der Waals surface area contributed by atoms with Crippen molar-refractivity contribution in [2.24, 2.45) is 0 Å². The van der Waals surface area contributed by atoms with E-state index in [1.54, 1.807) is 6.20 Å². The van der Waals surface area contributed by atoms with E-state index in [1.165, 1.54) is 0 Å². The van der Waals surface area contributed by atoms with Crippen LogP contribution in [-0.4, -0.2) is 47.1 Å². The van der Waals surface area contributed by atoms with Crippen molar-refractivity contribution < 1.29 is 14.9 Å². The molecule has 0 radical (unpaired) electrons. The zero-order valence-corrected chi connectivity index (χ0v) is 9.91. The van der Waals surface area contributed by atoms with Crippen LogP contribution in [0.4, 0.5) is 5.82 Å². The molecule has 0 saturated carbocycles. The summed E-state index contributed by atoms with van der Waals surface area (Å²) in [6, 6.07) is 3.86. The summed E-state index contributed by atoms with van der Waals surface area (Å²) in [7, 11) is 0. The molecule has 0 amide bonds. The van der Waals surface area contributed by atoms with Gasteiger partial charge in [-0.05, 0) is 13.0 Å². The highest BCUT2D eigenvalue weighted by Gasteiger charge is 2.27. The third-order valence-corrected chi connectivity index (χ3v) is 3.02. The molecule has 2 atom stereocenters. The number of aliphatic hydroxyl groups is 2. The predicted octanol–water partition coefficient (Wildman–Crippen LogP) is 0.160. The van der Waals surface area contributed by atoms with E-state index in [1.807, 2.05) is 19.1 Å². The van der Waals surface area contributed by atoms with E-state index < -0.39 is 0 Å². The van der Waals surface area contributed by atoms with E-state index in [0.29, 0.717) is 13.2 Å². The van der Waals surface area contributed by atoms with Gasteiger partial charge in [-0.3, -0.25) is 0 Å². The van der Waals surface area contributed by atoms with Gasteiger partial charge in [0.1, 0.15) is 5.82 Å². The highest BCUT2D eigenvalue weighted by molar-refractivity contribution is 5.47. The van der Waals surface area contributed by atoms with Gasteiger partial charge in [-0.2, -0.15) is 0 Å². The zero-order chi connectivity index (χ0) is 12.3. The fraction of sp³-hybridized carbons (Fsp3) is 0.583. The van der Waals surface area contributed by atoms with E-state index in [-0.39, 0.29) is 25.4 Å². The van der Waals surface area contributed by atoms with Crippen molar-refractivity contribution in [2.75, 3.05) is 24.7 Å². The van der Waals surface area contributed by atoms with Gasteiger partial charge in [0.2, 0.25) is 0 Å². The molecule has 1 aromatic heterocycles. The normalized spacial score (nSPS) is 25.0. The summed E-state index contributed by atoms with van der Waals surface area (Å²) in [6.07, 6.45) is 1.53. The molecule has 1 aromatic rings. The molecule has 0 aliphatic carbocycles. The first-order valence-corrected chi connectivity index (χ1v) is 5.80. The first kappa shape index (κ1) is 12.3. The summed E-state index contributed by atoms with van der Waals surface area (Å²) in [6.45, 7) is 3.18. The van der Waals surface area contributed by atoms with Gasteiger partial charge in [-0.15, -0.1) is 0 Å². The second kappa shape index (κ2) is 5.44. The average Bonchev–Trinajstić information content (AvgIpc) is 2.39. The number of hydrogen-bond donors (Lipinski definition) is 2. The molecule has 2 unspecified atom stereocenters. The molecule has 5 nitrogen and oxygen atoms in total. The molecule has 2 N–H and O–H groups in total. The van der Waals surface area contributed by atoms with Crippen LogP contribution in [0.1, 0.15) is 12.5 Å². The van der Waals surface area contributed by atoms with Crippen LogP contribution in [0.3, 0.4) is 0 Å². The largest absolute Gasteiger partial charge is 0.394 e. The maximum absolute atomic E-state index is 9.31. The Balaban J connectivity index is 2.24. The first-order chi connectivity index (χ1) is 8.26. The first-order valence-electron chi connectivity index (χ1n) is 5.80. The molecule has 94 valence electrons. The summed E-state index contributed by atoms with van der Waals surface area (Å²) in [5.74, 6) is 0.782. The van der Waals surface area contributed by atoms with Crippen LogP contribution in [0, 0.1) is 0 Å². The van der Waals surface area contributed by atoms with Gasteiger partial charge in [0.15, 0.2) is 0 Å². The van der Waals surface area contributed by atoms with Crippen molar-refractivity contribution in [2.45, 2.75) is 25.7 Å². The quantitative estimate of drug-likeness (QED) is 0.785. The molecule has 1 saturated heterocycles. The van der Waals surface area contributed by atoms with Gasteiger partial charge in [0, 0.05) is 18.3 Å². The molecule has 2 heterocycles. The standard InChI is InChI=1S/C12H18N2O3/c1-9-8-17-11(7-16)5-14(9)12-10(6-15)3-2-4-13-12/h2-4,9,11,15-16H,5-8H2,1H3. The van der Waals surface area contributed by atoms with Crippen molar-refractivity contribution in [3.8, 4) is 0 Å². The second-order valence-electron chi connectivity index (χ2n) is 4.28. The molecule has 1 aliphatic rings. The Kier molecular flexibility index (Phi) is 3.93. The van der Waals surface area contributed by atoms with Crippen molar-refractivity contribution >= 4 is 5.82 Å². The van der Waals surface area contributed by atoms with Crippen LogP contribution in [0.5, 0.6) is 0 Å². The lowest BCUT2D eigenvalue weighted by molar-refractivity contribution is -0.0106. The predicted molar refractivity (Wildman–Crippen MR) is 63.8 cm³/mol. The minimum absolute atomic E-state index is 0.00448. The van der Waals surface area contributed by atoms with Gasteiger partial charge in [-0.1, -0.05) is 6.07 Å². The van der Waals surface area contributed by atoms with Crippen LogP contribution >= 0.6 is 0 Å². The number of nitrogens with zero attached hydrogens (tertiary/aromatic N) is 2. The summed E-state index contributed by atoms with van der Waals surface area (Å²) in [4.78, 5) is 6.40. The van der Waals surface area contributed by atoms with Gasteiger partial charge in [0.05, 0.1) is 32.0 Å². The Hall–Kier alpha value is -1.17. The van der Waals surface area contributed by atoms with E-state index in [0.717, 1.165) is 11.4 Å². The summed E-state index contributed by atoms with van der Waals surface area (Å²) in [5.41, 5.74) is 0.804. The van der Waals surface area contributed by atoms with Gasteiger partial charge in [0.25, 0.3) is 0 Å². The van der Waals surface area contributed by atoms with Crippen LogP contribution in [0.15, 0.2) is 18.3 Å². The molecule has 0 aromatic carbocycles. The maximum atomic E-state index is 9.31. The number of morpholine rings is 1. The Morgan fingerprint density at radius 1 is 1.53 bits per heavy atom. The molecule has 0 bridgehead atoms. The van der Waals surface area contributed by atoms with E-state index in [9.17, 15) is 5.11 Å². The minimum Gasteiger partial charge on any atom is -0.394 e. The summed E-state index contributed by atoms with van der Waals surface area (Å²) in [5, 5.41) is 18.5. The maximum Gasteiger partial charge on any atom is 0.134 e. The van der Waals surface area contributed by atoms with E-state index in [4.69, 9.17) is 9.84 Å². The number of hydrogen-bond acceptors (Lipinski definition) is 5. The Morgan fingerprint density at radius 2 is 2.35 bits per heavy atom. The number of anilines is 1. The van der Waals surface area contributed by atoms with Crippen molar-refractivity contribution in [1.29, 1.82) is 0 Å². The highest BCUT2D eigenvalue weighted by atomic mass is 16.5. The lowest BCUT2D eigenvalue weighted by atomic mass is 10.1. The fourth-order valence-electron chi connectivity index (χ4n) is 2.04. The lowest BCUT2D eigenvalue weighted by Gasteiger charge is -2.38. The molecule has 2 rings (SSSR count). The van der Waals surface area contributed by atoms with Gasteiger partial charge in [-0.25, -0.2) is 4.98 Å². The minimum atomic E-state index is -0.181. The third-order valence-electron chi connectivity index (χ3n) is 3.02.